The molecule has 0 saturated carbocycles. The van der Waals surface area contributed by atoms with Crippen LogP contribution in [0.4, 0.5) is 0 Å². The number of hydrogen-bond donors (Lipinski definition) is 0. The van der Waals surface area contributed by atoms with E-state index in [1.54, 1.807) is 41.6 Å². The quantitative estimate of drug-likeness (QED) is 0.834. The maximum atomic E-state index is 12.3. The summed E-state index contributed by atoms with van der Waals surface area (Å²) in [4.78, 5) is 18.1. The van der Waals surface area contributed by atoms with Crippen LogP contribution in [0.15, 0.2) is 48.8 Å². The van der Waals surface area contributed by atoms with Crippen molar-refractivity contribution in [3.8, 4) is 11.5 Å². The molecule has 0 N–H and O–H groups in total. The Morgan fingerprint density at radius 3 is 2.67 bits per heavy atom. The van der Waals surface area contributed by atoms with Gasteiger partial charge in [-0.2, -0.15) is 0 Å². The summed E-state index contributed by atoms with van der Waals surface area (Å²) in [5, 5.41) is 0.640. The molecule has 1 saturated heterocycles. The maximum absolute atomic E-state index is 12.3. The smallest absolute Gasteiger partial charge is 0.260 e. The summed E-state index contributed by atoms with van der Waals surface area (Å²) < 4.78 is 11.5. The summed E-state index contributed by atoms with van der Waals surface area (Å²) in [6, 6.07) is 10.6. The molecule has 126 valence electrons. The molecule has 1 atom stereocenters. The maximum Gasteiger partial charge on any atom is 0.260 e. The lowest BCUT2D eigenvalue weighted by molar-refractivity contribution is -0.136. The van der Waals surface area contributed by atoms with Crippen LogP contribution in [0.2, 0.25) is 5.02 Å². The van der Waals surface area contributed by atoms with Crippen LogP contribution in [0.3, 0.4) is 0 Å². The van der Waals surface area contributed by atoms with Crippen LogP contribution < -0.4 is 9.47 Å². The van der Waals surface area contributed by atoms with Gasteiger partial charge in [0.1, 0.15) is 17.6 Å². The zero-order chi connectivity index (χ0) is 16.8. The predicted molar refractivity (Wildman–Crippen MR) is 91.4 cm³/mol. The average molecular weight is 347 g/mol. The minimum Gasteiger partial charge on any atom is -0.488 e. The van der Waals surface area contributed by atoms with E-state index in [2.05, 4.69) is 4.98 Å². The van der Waals surface area contributed by atoms with Crippen LogP contribution in [0.1, 0.15) is 12.8 Å². The molecular weight excluding hydrogens is 328 g/mol. The molecule has 0 bridgehead atoms. The van der Waals surface area contributed by atoms with E-state index >= 15 is 0 Å². The highest BCUT2D eigenvalue weighted by molar-refractivity contribution is 6.30. The third-order valence-electron chi connectivity index (χ3n) is 3.86. The first-order valence-corrected chi connectivity index (χ1v) is 8.31. The van der Waals surface area contributed by atoms with Crippen molar-refractivity contribution in [1.29, 1.82) is 0 Å². The van der Waals surface area contributed by atoms with Crippen molar-refractivity contribution in [3.05, 3.63) is 53.8 Å². The van der Waals surface area contributed by atoms with Crippen molar-refractivity contribution in [2.45, 2.75) is 18.9 Å². The van der Waals surface area contributed by atoms with Crippen LogP contribution in [-0.4, -0.2) is 41.6 Å². The lowest BCUT2D eigenvalue weighted by Gasteiger charge is -2.32. The second-order valence-corrected chi connectivity index (χ2v) is 6.08. The summed E-state index contributed by atoms with van der Waals surface area (Å²) in [7, 11) is 0. The van der Waals surface area contributed by atoms with E-state index in [-0.39, 0.29) is 18.6 Å². The van der Waals surface area contributed by atoms with Crippen LogP contribution >= 0.6 is 11.6 Å². The molecule has 0 spiro atoms. The number of aromatic nitrogens is 1. The van der Waals surface area contributed by atoms with E-state index in [9.17, 15) is 4.79 Å². The zero-order valence-electron chi connectivity index (χ0n) is 13.2. The number of hydrogen-bond acceptors (Lipinski definition) is 4. The molecule has 1 aromatic heterocycles. The molecule has 1 aliphatic rings. The number of pyridine rings is 1. The van der Waals surface area contributed by atoms with Crippen molar-refractivity contribution < 1.29 is 14.3 Å². The first-order valence-electron chi connectivity index (χ1n) is 7.93. The molecule has 0 radical (unpaired) electrons. The molecular formula is C18H19ClN2O3. The molecule has 24 heavy (non-hydrogen) atoms. The first-order chi connectivity index (χ1) is 11.7. The Hall–Kier alpha value is -2.27. The Morgan fingerprint density at radius 1 is 1.17 bits per heavy atom. The Labute approximate surface area is 146 Å². The Balaban J connectivity index is 1.50. The third-order valence-corrected chi connectivity index (χ3v) is 4.11. The summed E-state index contributed by atoms with van der Waals surface area (Å²) >= 11 is 5.83. The molecule has 1 fully saturated rings. The highest BCUT2D eigenvalue weighted by Crippen LogP contribution is 2.19. The van der Waals surface area contributed by atoms with Gasteiger partial charge < -0.3 is 14.4 Å². The van der Waals surface area contributed by atoms with Crippen molar-refractivity contribution in [2.75, 3.05) is 19.7 Å². The number of carbonyl (C=O) groups excluding carboxylic acids is 1. The average Bonchev–Trinajstić information content (AvgIpc) is 2.62. The van der Waals surface area contributed by atoms with Gasteiger partial charge in [0.15, 0.2) is 6.61 Å². The molecule has 6 heteroatoms. The lowest BCUT2D eigenvalue weighted by atomic mass is 10.1. The van der Waals surface area contributed by atoms with Gasteiger partial charge in [-0.1, -0.05) is 11.6 Å². The molecule has 2 aromatic rings. The summed E-state index contributed by atoms with van der Waals surface area (Å²) in [6.45, 7) is 1.33. The fraction of sp³-hybridized carbons (Fsp3) is 0.333. The van der Waals surface area contributed by atoms with E-state index in [0.29, 0.717) is 17.3 Å². The topological polar surface area (TPSA) is 51.7 Å². The minimum atomic E-state index is -0.0343. The molecule has 1 aromatic carbocycles. The van der Waals surface area contributed by atoms with Gasteiger partial charge in [-0.3, -0.25) is 9.78 Å². The predicted octanol–water partition coefficient (Wildman–Crippen LogP) is 3.18. The molecule has 3 rings (SSSR count). The highest BCUT2D eigenvalue weighted by Gasteiger charge is 2.25. The number of amides is 1. The van der Waals surface area contributed by atoms with Gasteiger partial charge in [0.2, 0.25) is 0 Å². The van der Waals surface area contributed by atoms with Crippen molar-refractivity contribution in [2.24, 2.45) is 0 Å². The number of piperidine rings is 1. The molecule has 1 aliphatic heterocycles. The summed E-state index contributed by atoms with van der Waals surface area (Å²) in [6.07, 6.45) is 5.25. The number of rotatable bonds is 5. The van der Waals surface area contributed by atoms with Crippen LogP contribution in [0.25, 0.3) is 0 Å². The molecule has 5 nitrogen and oxygen atoms in total. The van der Waals surface area contributed by atoms with Gasteiger partial charge in [0.25, 0.3) is 5.91 Å². The Kier molecular flexibility index (Phi) is 5.54. The van der Waals surface area contributed by atoms with Crippen molar-refractivity contribution in [3.63, 3.8) is 0 Å². The standard InChI is InChI=1S/C18H19ClN2O3/c19-14-3-5-15(6-4-14)23-13-18(22)21-11-1-2-17(12-21)24-16-7-9-20-10-8-16/h3-10,17H,1-2,11-13H2/t17-/m0/s1. The fourth-order valence-corrected chi connectivity index (χ4v) is 2.76. The second-order valence-electron chi connectivity index (χ2n) is 5.65. The number of nitrogens with zero attached hydrogens (tertiary/aromatic N) is 2. The number of ether oxygens (including phenoxy) is 2. The van der Waals surface area contributed by atoms with E-state index < -0.39 is 0 Å². The van der Waals surface area contributed by atoms with E-state index in [1.165, 1.54) is 0 Å². The Bertz CT molecular complexity index is 664. The normalized spacial score (nSPS) is 17.4. The Morgan fingerprint density at radius 2 is 1.92 bits per heavy atom. The molecule has 0 aliphatic carbocycles. The molecule has 2 heterocycles. The largest absolute Gasteiger partial charge is 0.488 e. The summed E-state index contributed by atoms with van der Waals surface area (Å²) in [5.74, 6) is 1.38. The third kappa shape index (κ3) is 4.61. The van der Waals surface area contributed by atoms with E-state index in [4.69, 9.17) is 21.1 Å². The first kappa shape index (κ1) is 16.6. The van der Waals surface area contributed by atoms with Gasteiger partial charge >= 0.3 is 0 Å². The van der Waals surface area contributed by atoms with Gasteiger partial charge in [-0.05, 0) is 49.2 Å². The number of carbonyl (C=O) groups is 1. The molecule has 1 amide bonds. The molecule has 0 unspecified atom stereocenters. The minimum absolute atomic E-state index is 0.000585. The van der Waals surface area contributed by atoms with E-state index in [0.717, 1.165) is 25.1 Å². The fourth-order valence-electron chi connectivity index (χ4n) is 2.64. The lowest BCUT2D eigenvalue weighted by Crippen LogP contribution is -2.46. The monoisotopic (exact) mass is 346 g/mol. The number of likely N-dealkylation sites (tertiary alicyclic amines) is 1. The highest BCUT2D eigenvalue weighted by atomic mass is 35.5. The van der Waals surface area contributed by atoms with Crippen LogP contribution in [0.5, 0.6) is 11.5 Å². The van der Waals surface area contributed by atoms with Gasteiger partial charge in [0, 0.05) is 24.0 Å². The van der Waals surface area contributed by atoms with E-state index in [1.807, 2.05) is 12.1 Å². The zero-order valence-corrected chi connectivity index (χ0v) is 14.0. The second kappa shape index (κ2) is 8.02. The van der Waals surface area contributed by atoms with Crippen molar-refractivity contribution >= 4 is 17.5 Å². The van der Waals surface area contributed by atoms with Gasteiger partial charge in [-0.25, -0.2) is 0 Å². The number of benzene rings is 1. The summed E-state index contributed by atoms with van der Waals surface area (Å²) in [5.41, 5.74) is 0. The van der Waals surface area contributed by atoms with Gasteiger partial charge in [0.05, 0.1) is 6.54 Å². The SMILES string of the molecule is O=C(COc1ccc(Cl)cc1)N1CCC[C@H](Oc2ccncc2)C1. The van der Waals surface area contributed by atoms with Crippen molar-refractivity contribution in [1.82, 2.24) is 9.88 Å². The van der Waals surface area contributed by atoms with Gasteiger partial charge in [-0.15, -0.1) is 0 Å². The number of halogens is 1. The van der Waals surface area contributed by atoms with Crippen LogP contribution in [0, 0.1) is 0 Å². The van der Waals surface area contributed by atoms with Crippen LogP contribution in [-0.2, 0) is 4.79 Å².